The van der Waals surface area contributed by atoms with Crippen molar-refractivity contribution in [1.29, 1.82) is 0 Å². The van der Waals surface area contributed by atoms with Gasteiger partial charge in [0.15, 0.2) is 10.8 Å². The number of hydrogen-bond acceptors (Lipinski definition) is 7. The van der Waals surface area contributed by atoms with E-state index in [0.29, 0.717) is 5.69 Å². The zero-order valence-electron chi connectivity index (χ0n) is 14.4. The second-order valence-corrected chi connectivity index (χ2v) is 9.27. The highest BCUT2D eigenvalue weighted by molar-refractivity contribution is 7.89. The summed E-state index contributed by atoms with van der Waals surface area (Å²) in [4.78, 5) is 11.8. The van der Waals surface area contributed by atoms with Crippen molar-refractivity contribution in [1.82, 2.24) is 5.43 Å². The summed E-state index contributed by atoms with van der Waals surface area (Å²) in [5.74, 6) is -0.591. The Kier molecular flexibility index (Phi) is 5.38. The topological polar surface area (TPSA) is 186 Å². The van der Waals surface area contributed by atoms with Crippen LogP contribution in [0.4, 0.5) is 11.4 Å². The van der Waals surface area contributed by atoms with Gasteiger partial charge in [-0.2, -0.15) is 5.10 Å². The Balaban J connectivity index is 1.85. The van der Waals surface area contributed by atoms with Crippen LogP contribution in [0.2, 0.25) is 0 Å². The van der Waals surface area contributed by atoms with E-state index in [4.69, 9.17) is 22.5 Å². The fourth-order valence-electron chi connectivity index (χ4n) is 2.50. The smallest absolute Gasteiger partial charge is 0.276 e. The number of thiocarbonyl (C=S) groups is 1. The monoisotopic (exact) mass is 454 g/mol. The van der Waals surface area contributed by atoms with Crippen molar-refractivity contribution in [2.24, 2.45) is 15.4 Å². The average Bonchev–Trinajstić information content (AvgIpc) is 2.93. The minimum atomic E-state index is -4.00. The third-order valence-electron chi connectivity index (χ3n) is 3.75. The minimum absolute atomic E-state index is 0.112. The molecule has 2 aromatic carbocycles. The lowest BCUT2D eigenvalue weighted by Gasteiger charge is -2.11. The minimum Gasteiger partial charge on any atom is -0.330 e. The lowest BCUT2D eigenvalue weighted by Crippen LogP contribution is -2.28. The molecular formula is C15H14N6O5S3. The second-order valence-electron chi connectivity index (χ2n) is 5.77. The third-order valence-corrected chi connectivity index (χ3v) is 5.82. The first-order valence-corrected chi connectivity index (χ1v) is 11.2. The number of rotatable bonds is 4. The molecule has 0 aliphatic carbocycles. The van der Waals surface area contributed by atoms with E-state index in [0.717, 1.165) is 0 Å². The summed E-state index contributed by atoms with van der Waals surface area (Å²) in [6.07, 6.45) is 0. The standard InChI is InChI=1S/C15H14N6O5S3/c16-28(23,24)8-5-6-10-9(7-8)13(14(22)18-10)20-21-15(27)19-11-3-1-2-4-12(11)29(17,25)26/h1-7H,(H2,16,23,24)(H2,17,25,26)(H,18,20,22)(H2,19,21,27). The van der Waals surface area contributed by atoms with Crippen molar-refractivity contribution < 1.29 is 21.6 Å². The van der Waals surface area contributed by atoms with Crippen molar-refractivity contribution in [3.63, 3.8) is 0 Å². The Morgan fingerprint density at radius 3 is 2.38 bits per heavy atom. The molecular weight excluding hydrogens is 440 g/mol. The fraction of sp³-hybridized carbons (Fsp3) is 0. The molecule has 0 spiro atoms. The summed E-state index contributed by atoms with van der Waals surface area (Å²) in [6.45, 7) is 0. The number of primary sulfonamides is 2. The lowest BCUT2D eigenvalue weighted by molar-refractivity contribution is -0.110. The van der Waals surface area contributed by atoms with Crippen LogP contribution in [0.3, 0.4) is 0 Å². The van der Waals surface area contributed by atoms with Gasteiger partial charge in [0, 0.05) is 5.56 Å². The number of fused-ring (bicyclic) bond motifs is 1. The highest BCUT2D eigenvalue weighted by Gasteiger charge is 2.28. The number of benzene rings is 2. The van der Waals surface area contributed by atoms with Crippen LogP contribution in [-0.4, -0.2) is 33.6 Å². The second kappa shape index (κ2) is 7.49. The molecule has 0 saturated heterocycles. The zero-order valence-corrected chi connectivity index (χ0v) is 16.9. The first-order chi connectivity index (χ1) is 13.5. The van der Waals surface area contributed by atoms with E-state index >= 15 is 0 Å². The molecule has 1 amide bonds. The molecule has 1 heterocycles. The van der Waals surface area contributed by atoms with Crippen molar-refractivity contribution in [3.05, 3.63) is 48.0 Å². The van der Waals surface area contributed by atoms with Crippen molar-refractivity contribution in [2.75, 3.05) is 10.6 Å². The van der Waals surface area contributed by atoms with Crippen molar-refractivity contribution in [3.8, 4) is 0 Å². The Bertz CT molecular complexity index is 1270. The maximum atomic E-state index is 12.1. The van der Waals surface area contributed by atoms with Gasteiger partial charge in [-0.25, -0.2) is 27.1 Å². The van der Waals surface area contributed by atoms with Crippen LogP contribution >= 0.6 is 12.2 Å². The number of anilines is 2. The first-order valence-electron chi connectivity index (χ1n) is 7.72. The van der Waals surface area contributed by atoms with E-state index in [9.17, 15) is 21.6 Å². The molecule has 1 aliphatic heterocycles. The summed E-state index contributed by atoms with van der Waals surface area (Å²) in [5, 5.41) is 19.2. The third kappa shape index (κ3) is 4.57. The van der Waals surface area contributed by atoms with Gasteiger partial charge >= 0.3 is 0 Å². The molecule has 29 heavy (non-hydrogen) atoms. The normalized spacial score (nSPS) is 15.0. The van der Waals surface area contributed by atoms with Crippen LogP contribution < -0.4 is 26.3 Å². The van der Waals surface area contributed by atoms with E-state index in [1.165, 1.54) is 36.4 Å². The molecule has 0 radical (unpaired) electrons. The van der Waals surface area contributed by atoms with Crippen molar-refractivity contribution in [2.45, 2.75) is 9.79 Å². The van der Waals surface area contributed by atoms with E-state index < -0.39 is 26.0 Å². The summed E-state index contributed by atoms with van der Waals surface area (Å²) < 4.78 is 46.3. The van der Waals surface area contributed by atoms with Gasteiger partial charge in [0.25, 0.3) is 5.91 Å². The predicted molar refractivity (Wildman–Crippen MR) is 110 cm³/mol. The number of carbonyl (C=O) groups excluding carboxylic acids is 1. The van der Waals surface area contributed by atoms with Crippen LogP contribution in [-0.2, 0) is 24.8 Å². The summed E-state index contributed by atoms with van der Waals surface area (Å²) >= 11 is 5.06. The number of hydrogen-bond donors (Lipinski definition) is 5. The number of hydrazone groups is 1. The maximum absolute atomic E-state index is 12.1. The SMILES string of the molecule is NS(=O)(=O)c1ccc2c(c1)C(=NNC(=S)Nc1ccccc1S(N)(=O)=O)C(=O)N2. The maximum Gasteiger partial charge on any atom is 0.276 e. The summed E-state index contributed by atoms with van der Waals surface area (Å²) in [7, 11) is -7.97. The number of sulfonamides is 2. The number of nitrogens with zero attached hydrogens (tertiary/aromatic N) is 1. The molecule has 0 unspecified atom stereocenters. The summed E-state index contributed by atoms with van der Waals surface area (Å²) in [5.41, 5.74) is 2.95. The predicted octanol–water partition coefficient (Wildman–Crippen LogP) is -0.376. The quantitative estimate of drug-likeness (QED) is 0.305. The van der Waals surface area contributed by atoms with Gasteiger partial charge in [-0.05, 0) is 42.5 Å². The number of nitrogens with one attached hydrogen (secondary N) is 3. The van der Waals surface area contributed by atoms with E-state index in [-0.39, 0.29) is 31.9 Å². The zero-order chi connectivity index (χ0) is 21.4. The lowest BCUT2D eigenvalue weighted by atomic mass is 10.1. The highest BCUT2D eigenvalue weighted by atomic mass is 32.2. The summed E-state index contributed by atoms with van der Waals surface area (Å²) in [6, 6.07) is 9.63. The Morgan fingerprint density at radius 2 is 1.72 bits per heavy atom. The number of nitrogens with two attached hydrogens (primary N) is 2. The molecule has 2 aromatic rings. The molecule has 152 valence electrons. The molecule has 7 N–H and O–H groups in total. The fourth-order valence-corrected chi connectivity index (χ4v) is 3.88. The molecule has 0 aromatic heterocycles. The van der Waals surface area contributed by atoms with Crippen LogP contribution in [0.15, 0.2) is 57.4 Å². The molecule has 14 heteroatoms. The van der Waals surface area contributed by atoms with E-state index in [1.807, 2.05) is 0 Å². The Morgan fingerprint density at radius 1 is 1.03 bits per heavy atom. The number of para-hydroxylation sites is 1. The van der Waals surface area contributed by atoms with E-state index in [1.54, 1.807) is 6.07 Å². The molecule has 11 nitrogen and oxygen atoms in total. The molecule has 0 atom stereocenters. The molecule has 1 aliphatic rings. The number of amides is 1. The first kappa shape index (κ1) is 20.8. The van der Waals surface area contributed by atoms with Crippen molar-refractivity contribution >= 4 is 60.4 Å². The van der Waals surface area contributed by atoms with Gasteiger partial charge < -0.3 is 10.6 Å². The van der Waals surface area contributed by atoms with Gasteiger partial charge in [-0.1, -0.05) is 12.1 Å². The highest BCUT2D eigenvalue weighted by Crippen LogP contribution is 2.26. The van der Waals surface area contributed by atoms with Gasteiger partial charge in [0.05, 0.1) is 16.3 Å². The van der Waals surface area contributed by atoms with Crippen LogP contribution in [0.1, 0.15) is 5.56 Å². The Hall–Kier alpha value is -2.91. The average molecular weight is 455 g/mol. The van der Waals surface area contributed by atoms with Gasteiger partial charge in [0.2, 0.25) is 20.0 Å². The molecule has 0 fully saturated rings. The molecule has 0 saturated carbocycles. The van der Waals surface area contributed by atoms with Gasteiger partial charge in [0.1, 0.15) is 4.90 Å². The van der Waals surface area contributed by atoms with Gasteiger partial charge in [-0.3, -0.25) is 10.2 Å². The van der Waals surface area contributed by atoms with Gasteiger partial charge in [-0.15, -0.1) is 0 Å². The van der Waals surface area contributed by atoms with Crippen LogP contribution in [0.5, 0.6) is 0 Å². The molecule has 0 bridgehead atoms. The van der Waals surface area contributed by atoms with Crippen LogP contribution in [0.25, 0.3) is 0 Å². The van der Waals surface area contributed by atoms with Crippen LogP contribution in [0, 0.1) is 0 Å². The van der Waals surface area contributed by atoms with E-state index in [2.05, 4.69) is 21.2 Å². The molecule has 3 rings (SSSR count). The Labute approximate surface area is 171 Å². The largest absolute Gasteiger partial charge is 0.330 e. The number of carbonyl (C=O) groups is 1.